The van der Waals surface area contributed by atoms with Crippen molar-refractivity contribution >= 4 is 22.8 Å². The molecule has 3 aromatic heterocycles. The minimum atomic E-state index is -1.03. The molecular weight excluding hydrogens is 574 g/mol. The third-order valence-electron chi connectivity index (χ3n) is 7.96. The quantitative estimate of drug-likeness (QED) is 0.338. The molecule has 1 aromatic carbocycles. The Hall–Kier alpha value is -5.07. The number of amides is 1. The number of phenols is 1. The molecule has 1 amide bonds. The van der Waals surface area contributed by atoms with Crippen molar-refractivity contribution in [3.8, 4) is 34.3 Å². The van der Waals surface area contributed by atoms with Crippen LogP contribution in [0.2, 0.25) is 0 Å². The van der Waals surface area contributed by atoms with Crippen LogP contribution in [0.4, 0.5) is 14.6 Å². The molecule has 6 rings (SSSR count). The van der Waals surface area contributed by atoms with Crippen LogP contribution in [0.1, 0.15) is 31.0 Å². The Morgan fingerprint density at radius 1 is 1.23 bits per heavy atom. The molecule has 0 saturated carbocycles. The molecule has 1 N–H and O–H groups in total. The SMILES string of the molecule is C=CC(=O)N1CCN2c3nc(=O)n(-c4c(C)cc(OC)nc4C(C)C)c4nc(-c5c(O)cccc5F)c(F)c(c34)OC[C@H]2C1. The van der Waals surface area contributed by atoms with E-state index in [1.165, 1.54) is 29.9 Å². The number of hydrogen-bond acceptors (Lipinski definition) is 9. The van der Waals surface area contributed by atoms with Crippen LogP contribution in [0.3, 0.4) is 0 Å². The number of aryl methyl sites for hydroxylation is 1. The second-order valence-electron chi connectivity index (χ2n) is 11.0. The van der Waals surface area contributed by atoms with Crippen molar-refractivity contribution in [1.82, 2.24) is 24.4 Å². The van der Waals surface area contributed by atoms with Crippen LogP contribution in [-0.2, 0) is 4.79 Å². The Morgan fingerprint density at radius 3 is 2.68 bits per heavy atom. The van der Waals surface area contributed by atoms with Crippen molar-refractivity contribution in [2.75, 3.05) is 38.3 Å². The highest BCUT2D eigenvalue weighted by Gasteiger charge is 2.38. The van der Waals surface area contributed by atoms with Crippen LogP contribution >= 0.6 is 0 Å². The van der Waals surface area contributed by atoms with E-state index in [0.717, 1.165) is 6.07 Å². The van der Waals surface area contributed by atoms with E-state index >= 15 is 8.78 Å². The van der Waals surface area contributed by atoms with Crippen LogP contribution < -0.4 is 20.1 Å². The van der Waals surface area contributed by atoms with Gasteiger partial charge in [-0.25, -0.2) is 28.1 Å². The lowest BCUT2D eigenvalue weighted by Crippen LogP contribution is -2.56. The first-order chi connectivity index (χ1) is 21.0. The molecule has 2 aliphatic rings. The van der Waals surface area contributed by atoms with Crippen molar-refractivity contribution in [3.63, 3.8) is 0 Å². The third kappa shape index (κ3) is 4.50. The fourth-order valence-corrected chi connectivity index (χ4v) is 5.88. The number of piperazine rings is 1. The van der Waals surface area contributed by atoms with Gasteiger partial charge in [0.05, 0.1) is 30.1 Å². The van der Waals surface area contributed by atoms with Crippen molar-refractivity contribution in [3.05, 3.63) is 70.3 Å². The number of halogens is 2. The van der Waals surface area contributed by atoms with Crippen LogP contribution in [0.5, 0.6) is 17.4 Å². The summed E-state index contributed by atoms with van der Waals surface area (Å²) in [5.41, 5.74) is -0.357. The molecule has 0 bridgehead atoms. The molecular formula is C31H30F2N6O5. The molecule has 11 nitrogen and oxygen atoms in total. The molecule has 1 fully saturated rings. The number of carbonyl (C=O) groups is 1. The zero-order valence-electron chi connectivity index (χ0n) is 24.6. The summed E-state index contributed by atoms with van der Waals surface area (Å²) in [6, 6.07) is 4.73. The highest BCUT2D eigenvalue weighted by molar-refractivity contribution is 5.97. The molecule has 1 saturated heterocycles. The highest BCUT2D eigenvalue weighted by atomic mass is 19.1. The number of benzene rings is 1. The van der Waals surface area contributed by atoms with Gasteiger partial charge >= 0.3 is 5.69 Å². The molecule has 0 unspecified atom stereocenters. The summed E-state index contributed by atoms with van der Waals surface area (Å²) in [6.45, 7) is 9.83. The molecule has 1 atom stereocenters. The number of nitrogens with zero attached hydrogens (tertiary/aromatic N) is 6. The topological polar surface area (TPSA) is 123 Å². The van der Waals surface area contributed by atoms with Gasteiger partial charge in [0.1, 0.15) is 35.1 Å². The number of hydrogen-bond donors (Lipinski definition) is 1. The van der Waals surface area contributed by atoms with Crippen molar-refractivity contribution in [2.45, 2.75) is 32.7 Å². The number of fused-ring (bicyclic) bond motifs is 2. The summed E-state index contributed by atoms with van der Waals surface area (Å²) < 4.78 is 44.4. The molecule has 0 radical (unpaired) electrons. The van der Waals surface area contributed by atoms with Gasteiger partial charge in [-0.05, 0) is 36.6 Å². The third-order valence-corrected chi connectivity index (χ3v) is 7.96. The number of phenolic OH excluding ortho intramolecular Hbond substituents is 1. The van der Waals surface area contributed by atoms with Gasteiger partial charge in [-0.1, -0.05) is 26.5 Å². The van der Waals surface area contributed by atoms with Gasteiger partial charge in [-0.3, -0.25) is 4.79 Å². The Morgan fingerprint density at radius 2 is 2.00 bits per heavy atom. The van der Waals surface area contributed by atoms with Gasteiger partial charge in [0.25, 0.3) is 0 Å². The molecule has 0 aliphatic carbocycles. The van der Waals surface area contributed by atoms with Crippen LogP contribution in [0.25, 0.3) is 28.0 Å². The fraction of sp³-hybridized carbons (Fsp3) is 0.323. The average molecular weight is 605 g/mol. The summed E-state index contributed by atoms with van der Waals surface area (Å²) in [7, 11) is 1.48. The molecule has 13 heteroatoms. The lowest BCUT2D eigenvalue weighted by Gasteiger charge is -2.40. The number of carbonyl (C=O) groups excluding carboxylic acids is 1. The van der Waals surface area contributed by atoms with Crippen molar-refractivity contribution in [2.24, 2.45) is 0 Å². The molecule has 5 heterocycles. The average Bonchev–Trinajstić information content (AvgIpc) is 3.16. The van der Waals surface area contributed by atoms with Gasteiger partial charge in [0.2, 0.25) is 11.8 Å². The standard InChI is InChI=1S/C31H30F2N6O5/c1-6-21(41)37-10-11-38-17(13-37)14-44-28-23-29(38)36-31(42)39(27-16(4)12-20(43-5)34-25(27)15(2)3)30(23)35-26(24(28)33)22-18(32)8-7-9-19(22)40/h6-9,12,15,17,40H,1,10-11,13-14H2,2-5H3/t17-/m1/s1. The number of rotatable bonds is 5. The summed E-state index contributed by atoms with van der Waals surface area (Å²) >= 11 is 0. The number of aromatic hydroxyl groups is 1. The van der Waals surface area contributed by atoms with Crippen molar-refractivity contribution in [1.29, 1.82) is 0 Å². The predicted octanol–water partition coefficient (Wildman–Crippen LogP) is 3.86. The van der Waals surface area contributed by atoms with Gasteiger partial charge in [0.15, 0.2) is 17.2 Å². The van der Waals surface area contributed by atoms with E-state index in [0.29, 0.717) is 29.4 Å². The minimum absolute atomic E-state index is 0.0590. The fourth-order valence-electron chi connectivity index (χ4n) is 5.88. The first-order valence-corrected chi connectivity index (χ1v) is 14.1. The van der Waals surface area contributed by atoms with Crippen LogP contribution in [-0.4, -0.2) is 74.8 Å². The Labute approximate surface area is 251 Å². The molecule has 4 aromatic rings. The van der Waals surface area contributed by atoms with Gasteiger partial charge in [0, 0.05) is 25.7 Å². The molecule has 228 valence electrons. The Bertz CT molecular complexity index is 1890. The normalized spacial score (nSPS) is 16.0. The van der Waals surface area contributed by atoms with E-state index in [2.05, 4.69) is 21.5 Å². The second kappa shape index (κ2) is 10.9. The summed E-state index contributed by atoms with van der Waals surface area (Å²) in [5, 5.41) is 10.7. The smallest absolute Gasteiger partial charge is 0.355 e. The van der Waals surface area contributed by atoms with E-state index in [1.807, 2.05) is 13.8 Å². The predicted molar refractivity (Wildman–Crippen MR) is 159 cm³/mol. The molecule has 0 spiro atoms. The second-order valence-corrected chi connectivity index (χ2v) is 11.0. The number of pyridine rings is 2. The van der Waals surface area contributed by atoms with E-state index < -0.39 is 40.4 Å². The highest BCUT2D eigenvalue weighted by Crippen LogP contribution is 2.44. The van der Waals surface area contributed by atoms with Crippen LogP contribution in [0, 0.1) is 18.6 Å². The van der Waals surface area contributed by atoms with E-state index in [4.69, 9.17) is 9.47 Å². The molecule has 44 heavy (non-hydrogen) atoms. The monoisotopic (exact) mass is 604 g/mol. The first-order valence-electron chi connectivity index (χ1n) is 14.1. The Kier molecular flexibility index (Phi) is 7.18. The summed E-state index contributed by atoms with van der Waals surface area (Å²) in [6.07, 6.45) is 1.22. The Balaban J connectivity index is 1.72. The maximum atomic E-state index is 16.5. The van der Waals surface area contributed by atoms with Gasteiger partial charge < -0.3 is 24.4 Å². The van der Waals surface area contributed by atoms with Crippen LogP contribution in [0.15, 0.2) is 41.7 Å². The van der Waals surface area contributed by atoms with Crippen molar-refractivity contribution < 1.29 is 28.2 Å². The zero-order valence-corrected chi connectivity index (χ0v) is 24.6. The largest absolute Gasteiger partial charge is 0.507 e. The van der Waals surface area contributed by atoms with E-state index in [1.54, 1.807) is 22.8 Å². The lowest BCUT2D eigenvalue weighted by atomic mass is 10.0. The summed E-state index contributed by atoms with van der Waals surface area (Å²) in [4.78, 5) is 43.5. The first kappa shape index (κ1) is 29.0. The minimum Gasteiger partial charge on any atom is -0.507 e. The number of methoxy groups -OCH3 is 1. The van der Waals surface area contributed by atoms with Gasteiger partial charge in [-0.2, -0.15) is 4.98 Å². The number of aromatic nitrogens is 4. The number of ether oxygens (including phenoxy) is 2. The van der Waals surface area contributed by atoms with Gasteiger partial charge in [-0.15, -0.1) is 0 Å². The van der Waals surface area contributed by atoms with E-state index in [-0.39, 0.29) is 54.1 Å². The zero-order chi connectivity index (χ0) is 31.4. The lowest BCUT2D eigenvalue weighted by molar-refractivity contribution is -0.126. The van der Waals surface area contributed by atoms with E-state index in [9.17, 15) is 14.7 Å². The molecule has 2 aliphatic heterocycles. The number of anilines is 1. The summed E-state index contributed by atoms with van der Waals surface area (Å²) in [5.74, 6) is -2.78. The maximum absolute atomic E-state index is 16.5. The maximum Gasteiger partial charge on any atom is 0.355 e.